The largest absolute Gasteiger partial charge is 0.493 e. The molecule has 9 nitrogen and oxygen atoms in total. The molecule has 0 unspecified atom stereocenters. The fourth-order valence-corrected chi connectivity index (χ4v) is 6.79. The second kappa shape index (κ2) is 15.6. The van der Waals surface area contributed by atoms with E-state index < -0.39 is 0 Å². The van der Waals surface area contributed by atoms with Crippen molar-refractivity contribution in [3.63, 3.8) is 0 Å². The molecule has 1 saturated heterocycles. The molecule has 248 valence electrons. The molecule has 1 aliphatic heterocycles. The predicted molar refractivity (Wildman–Crippen MR) is 187 cm³/mol. The normalized spacial score (nSPS) is 13.9. The minimum atomic E-state index is -0.330. The number of para-hydroxylation sites is 1. The van der Waals surface area contributed by atoms with Crippen LogP contribution in [-0.4, -0.2) is 78.2 Å². The van der Waals surface area contributed by atoms with E-state index in [1.807, 2.05) is 42.9 Å². The van der Waals surface area contributed by atoms with Crippen LogP contribution in [0.15, 0.2) is 60.7 Å². The Kier molecular flexibility index (Phi) is 10.9. The van der Waals surface area contributed by atoms with Gasteiger partial charge < -0.3 is 24.5 Å². The summed E-state index contributed by atoms with van der Waals surface area (Å²) in [7, 11) is 2.02. The van der Waals surface area contributed by atoms with Crippen LogP contribution in [-0.2, 0) is 35.9 Å². The Hall–Kier alpha value is -4.18. The van der Waals surface area contributed by atoms with Crippen molar-refractivity contribution in [2.45, 2.75) is 46.1 Å². The van der Waals surface area contributed by atoms with Gasteiger partial charge in [0.2, 0.25) is 0 Å². The Bertz CT molecular complexity index is 1800. The number of aromatic nitrogens is 3. The molecule has 1 fully saturated rings. The summed E-state index contributed by atoms with van der Waals surface area (Å²) in [6.07, 6.45) is 3.34. The molecule has 5 aromatic rings. The topological polar surface area (TPSA) is 93.6 Å². The van der Waals surface area contributed by atoms with Crippen molar-refractivity contribution in [3.8, 4) is 16.9 Å². The number of fused-ring (bicyclic) bond motifs is 2. The van der Waals surface area contributed by atoms with Gasteiger partial charge in [0.15, 0.2) is 0 Å². The van der Waals surface area contributed by atoms with E-state index in [1.165, 1.54) is 5.69 Å². The van der Waals surface area contributed by atoms with Crippen LogP contribution in [0.2, 0.25) is 0 Å². The summed E-state index contributed by atoms with van der Waals surface area (Å²) in [6.45, 7) is 11.2. The lowest BCUT2D eigenvalue weighted by Gasteiger charge is -2.26. The van der Waals surface area contributed by atoms with E-state index in [1.54, 1.807) is 0 Å². The first kappa shape index (κ1) is 32.7. The number of esters is 1. The smallest absolute Gasteiger partial charge is 0.355 e. The Labute approximate surface area is 277 Å². The maximum absolute atomic E-state index is 13.3. The van der Waals surface area contributed by atoms with Crippen molar-refractivity contribution in [2.75, 3.05) is 52.6 Å². The number of aryl methyl sites for hydroxylation is 2. The fourth-order valence-electron chi connectivity index (χ4n) is 6.79. The average Bonchev–Trinajstić information content (AvgIpc) is 3.63. The summed E-state index contributed by atoms with van der Waals surface area (Å²) in [5.41, 5.74) is 6.79. The number of nitrogens with one attached hydrogen (secondary N) is 2. The SMILES string of the molecule is CCOC(=O)c1[nH]c2c(-c3c(CNCCCN4CCOCC4)nn(C)c3CC)cccc2c1CCCOc1cccc2ccccc12. The molecule has 0 aliphatic carbocycles. The molecule has 2 aromatic heterocycles. The van der Waals surface area contributed by atoms with Crippen molar-refractivity contribution in [2.24, 2.45) is 7.05 Å². The highest BCUT2D eigenvalue weighted by Crippen LogP contribution is 2.36. The van der Waals surface area contributed by atoms with Gasteiger partial charge in [-0.25, -0.2) is 4.79 Å². The van der Waals surface area contributed by atoms with E-state index in [0.29, 0.717) is 31.9 Å². The molecule has 2 N–H and O–H groups in total. The van der Waals surface area contributed by atoms with Gasteiger partial charge in [-0.05, 0) is 62.7 Å². The molecule has 0 amide bonds. The van der Waals surface area contributed by atoms with Gasteiger partial charge in [-0.1, -0.05) is 61.5 Å². The minimum absolute atomic E-state index is 0.314. The lowest BCUT2D eigenvalue weighted by molar-refractivity contribution is 0.0374. The van der Waals surface area contributed by atoms with Crippen LogP contribution in [0.4, 0.5) is 0 Å². The molecule has 0 saturated carbocycles. The quantitative estimate of drug-likeness (QED) is 0.103. The summed E-state index contributed by atoms with van der Waals surface area (Å²) >= 11 is 0. The molecule has 0 atom stereocenters. The fraction of sp³-hybridized carbons (Fsp3) is 0.421. The van der Waals surface area contributed by atoms with Crippen molar-refractivity contribution in [3.05, 3.63) is 83.3 Å². The van der Waals surface area contributed by atoms with E-state index in [9.17, 15) is 4.79 Å². The first-order valence-electron chi connectivity index (χ1n) is 17.1. The van der Waals surface area contributed by atoms with Gasteiger partial charge in [0.25, 0.3) is 0 Å². The van der Waals surface area contributed by atoms with Crippen LogP contribution in [0.5, 0.6) is 5.75 Å². The lowest BCUT2D eigenvalue weighted by atomic mass is 9.97. The number of H-pyrrole nitrogens is 1. The summed E-state index contributed by atoms with van der Waals surface area (Å²) in [4.78, 5) is 19.2. The second-order valence-corrected chi connectivity index (χ2v) is 12.1. The highest BCUT2D eigenvalue weighted by atomic mass is 16.5. The van der Waals surface area contributed by atoms with E-state index in [2.05, 4.69) is 58.5 Å². The standard InChI is InChI=1S/C38H47N5O4/c1-4-33-35(32(41-42(33)3)26-39-19-11-20-43-21-24-45-25-22-43)31-16-9-15-29-30(37(40-36(29)31)38(44)46-5-2)17-10-23-47-34-18-8-13-27-12-6-7-14-28(27)34/h6-9,12-16,18,39-40H,4-5,10-11,17,19-26H2,1-3H3. The predicted octanol–water partition coefficient (Wildman–Crippen LogP) is 6.28. The number of hydrogen-bond acceptors (Lipinski definition) is 7. The Morgan fingerprint density at radius 2 is 1.79 bits per heavy atom. The number of hydrogen-bond donors (Lipinski definition) is 2. The third kappa shape index (κ3) is 7.38. The van der Waals surface area contributed by atoms with Gasteiger partial charge in [0, 0.05) is 54.3 Å². The number of morpholine rings is 1. The molecule has 0 spiro atoms. The molecule has 0 radical (unpaired) electrons. The van der Waals surface area contributed by atoms with E-state index in [4.69, 9.17) is 19.3 Å². The third-order valence-electron chi connectivity index (χ3n) is 9.07. The van der Waals surface area contributed by atoms with Gasteiger partial charge in [0.1, 0.15) is 11.4 Å². The zero-order valence-corrected chi connectivity index (χ0v) is 27.9. The number of rotatable bonds is 15. The van der Waals surface area contributed by atoms with Gasteiger partial charge in [-0.15, -0.1) is 0 Å². The molecule has 3 aromatic carbocycles. The van der Waals surface area contributed by atoms with Gasteiger partial charge in [-0.2, -0.15) is 5.10 Å². The summed E-state index contributed by atoms with van der Waals surface area (Å²) in [6, 6.07) is 20.7. The number of benzene rings is 3. The summed E-state index contributed by atoms with van der Waals surface area (Å²) in [5, 5.41) is 11.9. The van der Waals surface area contributed by atoms with Crippen LogP contribution >= 0.6 is 0 Å². The highest BCUT2D eigenvalue weighted by Gasteiger charge is 2.24. The lowest BCUT2D eigenvalue weighted by Crippen LogP contribution is -2.37. The Morgan fingerprint density at radius 3 is 2.62 bits per heavy atom. The summed E-state index contributed by atoms with van der Waals surface area (Å²) in [5.74, 6) is 0.546. The number of nitrogens with zero attached hydrogens (tertiary/aromatic N) is 3. The van der Waals surface area contributed by atoms with Crippen LogP contribution in [0.25, 0.3) is 32.8 Å². The maximum Gasteiger partial charge on any atom is 0.355 e. The van der Waals surface area contributed by atoms with Crippen LogP contribution in [0.1, 0.15) is 54.1 Å². The van der Waals surface area contributed by atoms with E-state index in [0.717, 1.165) is 108 Å². The van der Waals surface area contributed by atoms with Crippen LogP contribution < -0.4 is 10.1 Å². The first-order valence-corrected chi connectivity index (χ1v) is 17.1. The van der Waals surface area contributed by atoms with Gasteiger partial charge in [0.05, 0.1) is 37.6 Å². The molecule has 1 aliphatic rings. The molecular weight excluding hydrogens is 590 g/mol. The molecule has 47 heavy (non-hydrogen) atoms. The average molecular weight is 638 g/mol. The zero-order valence-electron chi connectivity index (χ0n) is 27.9. The number of carbonyl (C=O) groups excluding carboxylic acids is 1. The third-order valence-corrected chi connectivity index (χ3v) is 9.07. The summed E-state index contributed by atoms with van der Waals surface area (Å²) < 4.78 is 19.3. The minimum Gasteiger partial charge on any atom is -0.493 e. The zero-order chi connectivity index (χ0) is 32.6. The first-order chi connectivity index (χ1) is 23.1. The number of aromatic amines is 1. The van der Waals surface area contributed by atoms with Crippen LogP contribution in [0, 0.1) is 0 Å². The van der Waals surface area contributed by atoms with E-state index in [-0.39, 0.29) is 5.97 Å². The Morgan fingerprint density at radius 1 is 1.00 bits per heavy atom. The van der Waals surface area contributed by atoms with Crippen molar-refractivity contribution >= 4 is 27.6 Å². The molecule has 6 rings (SSSR count). The van der Waals surface area contributed by atoms with Crippen LogP contribution in [0.3, 0.4) is 0 Å². The highest BCUT2D eigenvalue weighted by molar-refractivity contribution is 6.04. The van der Waals surface area contributed by atoms with Crippen molar-refractivity contribution < 1.29 is 19.0 Å². The second-order valence-electron chi connectivity index (χ2n) is 12.1. The number of carbonyl (C=O) groups is 1. The maximum atomic E-state index is 13.3. The number of ether oxygens (including phenoxy) is 3. The van der Waals surface area contributed by atoms with Gasteiger partial charge in [-0.3, -0.25) is 9.58 Å². The Balaban J connectivity index is 1.23. The molecule has 3 heterocycles. The van der Waals surface area contributed by atoms with Crippen molar-refractivity contribution in [1.82, 2.24) is 25.0 Å². The molecule has 0 bridgehead atoms. The van der Waals surface area contributed by atoms with E-state index >= 15 is 0 Å². The van der Waals surface area contributed by atoms with Crippen molar-refractivity contribution in [1.29, 1.82) is 0 Å². The monoisotopic (exact) mass is 637 g/mol. The molecule has 9 heteroatoms. The van der Waals surface area contributed by atoms with Gasteiger partial charge >= 0.3 is 5.97 Å². The molecular formula is C38H47N5O4.